The number of hydrogen-bond donors (Lipinski definition) is 2. The summed E-state index contributed by atoms with van der Waals surface area (Å²) in [7, 11) is -3.54. The van der Waals surface area contributed by atoms with E-state index in [9.17, 15) is 13.2 Å². The molecular formula is C14H19ClN2O3S. The summed E-state index contributed by atoms with van der Waals surface area (Å²) in [5, 5.41) is 2.65. The molecule has 21 heavy (non-hydrogen) atoms. The lowest BCUT2D eigenvalue weighted by atomic mass is 10.1. The lowest BCUT2D eigenvalue weighted by molar-refractivity contribution is -0.114. The summed E-state index contributed by atoms with van der Waals surface area (Å²) in [4.78, 5) is 11.1. The van der Waals surface area contributed by atoms with Gasteiger partial charge in [0.15, 0.2) is 0 Å². The minimum absolute atomic E-state index is 0.0508. The van der Waals surface area contributed by atoms with Crippen LogP contribution in [0, 0.1) is 5.92 Å². The van der Waals surface area contributed by atoms with Crippen molar-refractivity contribution in [1.29, 1.82) is 0 Å². The number of anilines is 1. The van der Waals surface area contributed by atoms with Crippen LogP contribution in [0.1, 0.15) is 26.2 Å². The van der Waals surface area contributed by atoms with E-state index >= 15 is 0 Å². The van der Waals surface area contributed by atoms with Crippen LogP contribution in [0.3, 0.4) is 0 Å². The molecular weight excluding hydrogens is 312 g/mol. The summed E-state index contributed by atoms with van der Waals surface area (Å²) in [6, 6.07) is 6.08. The second kappa shape index (κ2) is 6.77. The zero-order chi connectivity index (χ0) is 15.5. The maximum absolute atomic E-state index is 12.2. The number of hydrogen-bond acceptors (Lipinski definition) is 3. The van der Waals surface area contributed by atoms with Gasteiger partial charge in [0, 0.05) is 24.5 Å². The van der Waals surface area contributed by atoms with E-state index in [-0.39, 0.29) is 22.1 Å². The first-order chi connectivity index (χ1) is 9.88. The van der Waals surface area contributed by atoms with Gasteiger partial charge in [-0.15, -0.1) is 11.6 Å². The van der Waals surface area contributed by atoms with Gasteiger partial charge in [-0.3, -0.25) is 4.79 Å². The molecule has 0 spiro atoms. The van der Waals surface area contributed by atoms with E-state index in [4.69, 9.17) is 11.6 Å². The third kappa shape index (κ3) is 4.43. The second-order valence-corrected chi connectivity index (χ2v) is 7.59. The first kappa shape index (κ1) is 16.3. The maximum Gasteiger partial charge on any atom is 0.240 e. The van der Waals surface area contributed by atoms with Crippen LogP contribution in [0.25, 0.3) is 0 Å². The van der Waals surface area contributed by atoms with Crippen LogP contribution < -0.4 is 10.0 Å². The number of halogens is 1. The molecule has 1 aliphatic rings. The predicted molar refractivity (Wildman–Crippen MR) is 82.9 cm³/mol. The number of rotatable bonds is 5. The molecule has 2 N–H and O–H groups in total. The maximum atomic E-state index is 12.2. The smallest absolute Gasteiger partial charge is 0.240 e. The summed E-state index contributed by atoms with van der Waals surface area (Å²) >= 11 is 6.15. The first-order valence-electron chi connectivity index (χ1n) is 6.90. The lowest BCUT2D eigenvalue weighted by Gasteiger charge is -2.14. The van der Waals surface area contributed by atoms with E-state index in [1.165, 1.54) is 19.1 Å². The molecule has 2 rings (SSSR count). The Bertz CT molecular complexity index is 601. The molecule has 1 aliphatic carbocycles. The van der Waals surface area contributed by atoms with Gasteiger partial charge >= 0.3 is 0 Å². The molecule has 1 saturated carbocycles. The van der Waals surface area contributed by atoms with Gasteiger partial charge in [-0.05, 0) is 43.0 Å². The highest BCUT2D eigenvalue weighted by Gasteiger charge is 2.26. The highest BCUT2D eigenvalue weighted by Crippen LogP contribution is 2.29. The number of sulfonamides is 1. The van der Waals surface area contributed by atoms with Crippen LogP contribution in [0.4, 0.5) is 5.69 Å². The van der Waals surface area contributed by atoms with Crippen molar-refractivity contribution in [2.45, 2.75) is 36.5 Å². The Morgan fingerprint density at radius 1 is 1.29 bits per heavy atom. The van der Waals surface area contributed by atoms with Crippen LogP contribution >= 0.6 is 11.6 Å². The molecule has 5 nitrogen and oxygen atoms in total. The zero-order valence-electron chi connectivity index (χ0n) is 11.8. The van der Waals surface area contributed by atoms with E-state index in [2.05, 4.69) is 10.0 Å². The molecule has 1 aromatic carbocycles. The van der Waals surface area contributed by atoms with Crippen molar-refractivity contribution in [1.82, 2.24) is 4.72 Å². The Balaban J connectivity index is 2.00. The first-order valence-corrected chi connectivity index (χ1v) is 8.82. The number of nitrogens with one attached hydrogen (secondary N) is 2. The van der Waals surface area contributed by atoms with E-state index in [1.807, 2.05) is 0 Å². The van der Waals surface area contributed by atoms with Crippen molar-refractivity contribution >= 4 is 33.2 Å². The van der Waals surface area contributed by atoms with Gasteiger partial charge in [0.2, 0.25) is 15.9 Å². The number of benzene rings is 1. The molecule has 116 valence electrons. The Labute approximate surface area is 130 Å². The molecule has 1 aromatic rings. The number of alkyl halides is 1. The highest BCUT2D eigenvalue weighted by molar-refractivity contribution is 7.89. The van der Waals surface area contributed by atoms with Gasteiger partial charge in [-0.25, -0.2) is 13.1 Å². The Morgan fingerprint density at radius 3 is 2.48 bits per heavy atom. The molecule has 7 heteroatoms. The van der Waals surface area contributed by atoms with Gasteiger partial charge in [0.1, 0.15) is 0 Å². The third-order valence-electron chi connectivity index (χ3n) is 3.59. The van der Waals surface area contributed by atoms with Crippen LogP contribution in [0.2, 0.25) is 0 Å². The van der Waals surface area contributed by atoms with Crippen molar-refractivity contribution in [3.05, 3.63) is 24.3 Å². The normalized spacial score (nSPS) is 22.2. The summed E-state index contributed by atoms with van der Waals surface area (Å²) < 4.78 is 27.0. The standard InChI is InChI=1S/C14H19ClN2O3S/c1-10(18)17-12-5-7-13(8-6-12)21(19,20)16-9-11-3-2-4-14(11)15/h5-8,11,14,16H,2-4,9H2,1H3,(H,17,18). The Hall–Kier alpha value is -1.11. The van der Waals surface area contributed by atoms with Crippen molar-refractivity contribution in [3.8, 4) is 0 Å². The molecule has 2 unspecified atom stereocenters. The summed E-state index contributed by atoms with van der Waals surface area (Å²) in [6.45, 7) is 1.76. The molecule has 0 aromatic heterocycles. The summed E-state index contributed by atoms with van der Waals surface area (Å²) in [6.07, 6.45) is 2.95. The summed E-state index contributed by atoms with van der Waals surface area (Å²) in [5.41, 5.74) is 0.568. The van der Waals surface area contributed by atoms with Crippen LogP contribution in [-0.4, -0.2) is 26.2 Å². The second-order valence-electron chi connectivity index (χ2n) is 5.26. The SMILES string of the molecule is CC(=O)Nc1ccc(S(=O)(=O)NCC2CCCC2Cl)cc1. The average Bonchev–Trinajstić information content (AvgIpc) is 2.82. The Morgan fingerprint density at radius 2 is 1.95 bits per heavy atom. The number of amides is 1. The van der Waals surface area contributed by atoms with Gasteiger partial charge in [-0.2, -0.15) is 0 Å². The summed E-state index contributed by atoms with van der Waals surface area (Å²) in [5.74, 6) is -0.00165. The molecule has 0 bridgehead atoms. The molecule has 1 fully saturated rings. The van der Waals surface area contributed by atoms with Crippen molar-refractivity contribution in [3.63, 3.8) is 0 Å². The topological polar surface area (TPSA) is 75.3 Å². The van der Waals surface area contributed by atoms with Crippen LogP contribution in [0.5, 0.6) is 0 Å². The van der Waals surface area contributed by atoms with E-state index in [0.29, 0.717) is 12.2 Å². The lowest BCUT2D eigenvalue weighted by Crippen LogP contribution is -2.31. The van der Waals surface area contributed by atoms with E-state index in [0.717, 1.165) is 19.3 Å². The van der Waals surface area contributed by atoms with Crippen LogP contribution in [-0.2, 0) is 14.8 Å². The monoisotopic (exact) mass is 330 g/mol. The highest BCUT2D eigenvalue weighted by atomic mass is 35.5. The van der Waals surface area contributed by atoms with Crippen molar-refractivity contribution < 1.29 is 13.2 Å². The fourth-order valence-corrected chi connectivity index (χ4v) is 3.91. The molecule has 2 atom stereocenters. The average molecular weight is 331 g/mol. The van der Waals surface area contributed by atoms with Crippen molar-refractivity contribution in [2.75, 3.05) is 11.9 Å². The predicted octanol–water partition coefficient (Wildman–Crippen LogP) is 2.33. The number of carbonyl (C=O) groups is 1. The molecule has 0 aliphatic heterocycles. The third-order valence-corrected chi connectivity index (χ3v) is 5.60. The minimum atomic E-state index is -3.54. The van der Waals surface area contributed by atoms with Gasteiger partial charge in [0.05, 0.1) is 4.90 Å². The van der Waals surface area contributed by atoms with E-state index in [1.54, 1.807) is 12.1 Å². The molecule has 0 heterocycles. The quantitative estimate of drug-likeness (QED) is 0.814. The van der Waals surface area contributed by atoms with E-state index < -0.39 is 10.0 Å². The molecule has 0 saturated heterocycles. The van der Waals surface area contributed by atoms with Crippen LogP contribution in [0.15, 0.2) is 29.2 Å². The fourth-order valence-electron chi connectivity index (χ4n) is 2.44. The fraction of sp³-hybridized carbons (Fsp3) is 0.500. The Kier molecular flexibility index (Phi) is 5.24. The van der Waals surface area contributed by atoms with Gasteiger partial charge in [0.25, 0.3) is 0 Å². The van der Waals surface area contributed by atoms with Crippen molar-refractivity contribution in [2.24, 2.45) is 5.92 Å². The van der Waals surface area contributed by atoms with Gasteiger partial charge < -0.3 is 5.32 Å². The zero-order valence-corrected chi connectivity index (χ0v) is 13.4. The minimum Gasteiger partial charge on any atom is -0.326 e. The molecule has 0 radical (unpaired) electrons. The van der Waals surface area contributed by atoms with Gasteiger partial charge in [-0.1, -0.05) is 6.42 Å². The molecule has 1 amide bonds. The largest absolute Gasteiger partial charge is 0.326 e. The number of carbonyl (C=O) groups excluding carboxylic acids is 1.